The molecule has 3 nitrogen and oxygen atoms in total. The second-order valence-electron chi connectivity index (χ2n) is 13.7. The molecule has 0 fully saturated rings. The second-order valence-corrected chi connectivity index (χ2v) is 13.7. The molecule has 0 saturated heterocycles. The molecular weight excluding hydrogens is 504 g/mol. The SMILES string of the molecule is CCC(C)(CC)Oc1ccc(C(C)(C)c2ccc(C(C)(C)c3ccc(OC(=O)C(C)(C)CC)c(C)c3)cc2)cc1C. The molecular formula is C38H52O3. The van der Waals surface area contributed by atoms with Crippen LogP contribution in [-0.4, -0.2) is 11.6 Å². The van der Waals surface area contributed by atoms with E-state index >= 15 is 0 Å². The Hall–Kier alpha value is -3.07. The van der Waals surface area contributed by atoms with Gasteiger partial charge in [-0.3, -0.25) is 4.79 Å². The van der Waals surface area contributed by atoms with E-state index in [0.717, 1.165) is 30.6 Å². The van der Waals surface area contributed by atoms with Crippen LogP contribution in [0.25, 0.3) is 0 Å². The van der Waals surface area contributed by atoms with E-state index in [1.807, 2.05) is 33.8 Å². The number of rotatable bonds is 11. The molecule has 222 valence electrons. The molecule has 0 spiro atoms. The molecule has 3 aromatic carbocycles. The lowest BCUT2D eigenvalue weighted by molar-refractivity contribution is -0.144. The molecule has 0 unspecified atom stereocenters. The first-order chi connectivity index (χ1) is 19.0. The molecule has 0 aliphatic heterocycles. The van der Waals surface area contributed by atoms with Crippen molar-refractivity contribution in [1.82, 2.24) is 0 Å². The van der Waals surface area contributed by atoms with Gasteiger partial charge in [0, 0.05) is 10.8 Å². The first kappa shape index (κ1) is 32.4. The molecule has 0 heterocycles. The predicted octanol–water partition coefficient (Wildman–Crippen LogP) is 10.3. The van der Waals surface area contributed by atoms with Gasteiger partial charge in [0.05, 0.1) is 5.41 Å². The van der Waals surface area contributed by atoms with Crippen LogP contribution in [0.5, 0.6) is 11.5 Å². The molecule has 0 bridgehead atoms. The number of hydrogen-bond acceptors (Lipinski definition) is 3. The zero-order valence-electron chi connectivity index (χ0n) is 27.6. The van der Waals surface area contributed by atoms with Crippen molar-refractivity contribution >= 4 is 5.97 Å². The van der Waals surface area contributed by atoms with E-state index in [9.17, 15) is 4.79 Å². The molecule has 0 radical (unpaired) electrons. The maximum atomic E-state index is 12.6. The standard InChI is InChI=1S/C38H52O3/c1-13-35(6,7)34(39)40-32-22-20-30(24-26(32)4)36(8,9)28-16-18-29(19-17-28)37(10,11)31-21-23-33(27(5)25-31)41-38(12,14-2)15-3/h16-25H,13-15H2,1-12H3. The third-order valence-corrected chi connectivity index (χ3v) is 9.61. The minimum absolute atomic E-state index is 0.139. The molecule has 0 saturated carbocycles. The van der Waals surface area contributed by atoms with Crippen LogP contribution in [0.2, 0.25) is 0 Å². The molecule has 0 atom stereocenters. The molecule has 3 aromatic rings. The van der Waals surface area contributed by atoms with Crippen molar-refractivity contribution in [3.63, 3.8) is 0 Å². The van der Waals surface area contributed by atoms with Gasteiger partial charge in [-0.05, 0) is 99.4 Å². The largest absolute Gasteiger partial charge is 0.487 e. The van der Waals surface area contributed by atoms with Gasteiger partial charge in [0.25, 0.3) is 0 Å². The van der Waals surface area contributed by atoms with E-state index in [0.29, 0.717) is 5.75 Å². The summed E-state index contributed by atoms with van der Waals surface area (Å²) < 4.78 is 12.2. The maximum absolute atomic E-state index is 12.6. The Bertz CT molecular complexity index is 1350. The Morgan fingerprint density at radius 3 is 1.34 bits per heavy atom. The van der Waals surface area contributed by atoms with Crippen molar-refractivity contribution in [3.05, 3.63) is 94.0 Å². The van der Waals surface area contributed by atoms with Gasteiger partial charge in [0.1, 0.15) is 17.1 Å². The average molecular weight is 557 g/mol. The fourth-order valence-corrected chi connectivity index (χ4v) is 4.98. The van der Waals surface area contributed by atoms with Crippen molar-refractivity contribution < 1.29 is 14.3 Å². The van der Waals surface area contributed by atoms with Crippen molar-refractivity contribution in [2.45, 2.75) is 119 Å². The lowest BCUT2D eigenvalue weighted by atomic mass is 9.74. The zero-order valence-corrected chi connectivity index (χ0v) is 27.6. The minimum Gasteiger partial charge on any atom is -0.487 e. The highest BCUT2D eigenvalue weighted by atomic mass is 16.5. The zero-order chi connectivity index (χ0) is 30.8. The molecule has 0 amide bonds. The van der Waals surface area contributed by atoms with Gasteiger partial charge >= 0.3 is 5.97 Å². The summed E-state index contributed by atoms with van der Waals surface area (Å²) >= 11 is 0. The lowest BCUT2D eigenvalue weighted by Gasteiger charge is -2.32. The summed E-state index contributed by atoms with van der Waals surface area (Å²) in [6, 6.07) is 21.8. The van der Waals surface area contributed by atoms with Gasteiger partial charge < -0.3 is 9.47 Å². The summed E-state index contributed by atoms with van der Waals surface area (Å²) in [6.07, 6.45) is 2.69. The second kappa shape index (κ2) is 12.0. The topological polar surface area (TPSA) is 35.5 Å². The number of carbonyl (C=O) groups excluding carboxylic acids is 1. The van der Waals surface area contributed by atoms with Crippen LogP contribution in [0.15, 0.2) is 60.7 Å². The van der Waals surface area contributed by atoms with Crippen LogP contribution in [0.4, 0.5) is 0 Å². The summed E-state index contributed by atoms with van der Waals surface area (Å²) in [6.45, 7) is 25.6. The number of hydrogen-bond donors (Lipinski definition) is 0. The predicted molar refractivity (Wildman–Crippen MR) is 172 cm³/mol. The minimum atomic E-state index is -0.500. The van der Waals surface area contributed by atoms with Gasteiger partial charge in [-0.2, -0.15) is 0 Å². The third-order valence-electron chi connectivity index (χ3n) is 9.61. The number of esters is 1. The first-order valence-corrected chi connectivity index (χ1v) is 15.3. The molecule has 0 aromatic heterocycles. The maximum Gasteiger partial charge on any atom is 0.316 e. The molecule has 0 aliphatic rings. The van der Waals surface area contributed by atoms with Crippen molar-refractivity contribution in [2.75, 3.05) is 0 Å². The van der Waals surface area contributed by atoms with Crippen LogP contribution >= 0.6 is 0 Å². The molecule has 3 heteroatoms. The van der Waals surface area contributed by atoms with Gasteiger partial charge in [-0.1, -0.05) is 97.0 Å². The highest BCUT2D eigenvalue weighted by Crippen LogP contribution is 2.38. The fourth-order valence-electron chi connectivity index (χ4n) is 4.98. The van der Waals surface area contributed by atoms with Crippen LogP contribution < -0.4 is 9.47 Å². The summed E-state index contributed by atoms with van der Waals surface area (Å²) in [7, 11) is 0. The van der Waals surface area contributed by atoms with Crippen molar-refractivity contribution in [1.29, 1.82) is 0 Å². The van der Waals surface area contributed by atoms with E-state index in [4.69, 9.17) is 9.47 Å². The fraction of sp³-hybridized carbons (Fsp3) is 0.500. The van der Waals surface area contributed by atoms with E-state index < -0.39 is 5.41 Å². The Morgan fingerprint density at radius 1 is 0.585 bits per heavy atom. The highest BCUT2D eigenvalue weighted by Gasteiger charge is 2.30. The number of aryl methyl sites for hydroxylation is 2. The number of carbonyl (C=O) groups is 1. The van der Waals surface area contributed by atoms with Crippen molar-refractivity contribution in [2.24, 2.45) is 5.41 Å². The van der Waals surface area contributed by atoms with E-state index in [2.05, 4.69) is 110 Å². The number of benzene rings is 3. The van der Waals surface area contributed by atoms with E-state index in [-0.39, 0.29) is 22.4 Å². The first-order valence-electron chi connectivity index (χ1n) is 15.3. The van der Waals surface area contributed by atoms with Crippen molar-refractivity contribution in [3.8, 4) is 11.5 Å². The van der Waals surface area contributed by atoms with Gasteiger partial charge in [-0.15, -0.1) is 0 Å². The van der Waals surface area contributed by atoms with E-state index in [1.54, 1.807) is 0 Å². The van der Waals surface area contributed by atoms with Crippen LogP contribution in [0.1, 0.15) is 122 Å². The van der Waals surface area contributed by atoms with E-state index in [1.165, 1.54) is 27.8 Å². The molecule has 3 rings (SSSR count). The highest BCUT2D eigenvalue weighted by molar-refractivity contribution is 5.78. The average Bonchev–Trinajstić information content (AvgIpc) is 2.94. The molecule has 41 heavy (non-hydrogen) atoms. The third kappa shape index (κ3) is 6.88. The Morgan fingerprint density at radius 2 is 0.976 bits per heavy atom. The quantitative estimate of drug-likeness (QED) is 0.174. The van der Waals surface area contributed by atoms with Gasteiger partial charge in [-0.25, -0.2) is 0 Å². The summed E-state index contributed by atoms with van der Waals surface area (Å²) in [4.78, 5) is 12.6. The Balaban J connectivity index is 1.84. The van der Waals surface area contributed by atoms with Crippen LogP contribution in [0, 0.1) is 19.3 Å². The lowest BCUT2D eigenvalue weighted by Crippen LogP contribution is -2.30. The molecule has 0 N–H and O–H groups in total. The monoisotopic (exact) mass is 556 g/mol. The van der Waals surface area contributed by atoms with Gasteiger partial charge in [0.15, 0.2) is 0 Å². The summed E-state index contributed by atoms with van der Waals surface area (Å²) in [5.41, 5.74) is 6.11. The van der Waals surface area contributed by atoms with Crippen LogP contribution in [0.3, 0.4) is 0 Å². The van der Waals surface area contributed by atoms with Crippen LogP contribution in [-0.2, 0) is 15.6 Å². The number of ether oxygens (including phenoxy) is 2. The summed E-state index contributed by atoms with van der Waals surface area (Å²) in [5.74, 6) is 1.41. The van der Waals surface area contributed by atoms with Gasteiger partial charge in [0.2, 0.25) is 0 Å². The molecule has 0 aliphatic carbocycles. The smallest absolute Gasteiger partial charge is 0.316 e. The Labute approximate surface area is 249 Å². The normalized spacial score (nSPS) is 12.8. The summed E-state index contributed by atoms with van der Waals surface area (Å²) in [5, 5.41) is 0. The Kier molecular flexibility index (Phi) is 9.53.